The predicted octanol–water partition coefficient (Wildman–Crippen LogP) is 4.10. The molecule has 2 saturated carbocycles. The van der Waals surface area contributed by atoms with Gasteiger partial charge in [0.2, 0.25) is 0 Å². The third kappa shape index (κ3) is 3.60. The van der Waals surface area contributed by atoms with E-state index in [0.717, 1.165) is 24.8 Å². The van der Waals surface area contributed by atoms with Crippen LogP contribution in [0.25, 0.3) is 0 Å². The molecule has 40 heavy (non-hydrogen) atoms. The second-order valence-electron chi connectivity index (χ2n) is 13.7. The predicted molar refractivity (Wildman–Crippen MR) is 147 cm³/mol. The Morgan fingerprint density at radius 2 is 1.70 bits per heavy atom. The molecule has 224 valence electrons. The van der Waals surface area contributed by atoms with Crippen molar-refractivity contribution in [2.75, 3.05) is 6.61 Å². The van der Waals surface area contributed by atoms with Gasteiger partial charge in [-0.15, -0.1) is 0 Å². The van der Waals surface area contributed by atoms with Gasteiger partial charge in [-0.1, -0.05) is 77.9 Å². The maximum absolute atomic E-state index is 13.5. The fraction of sp³-hybridized carbons (Fsp3) is 0.844. The number of ether oxygens (including phenoxy) is 4. The number of ketones is 1. The zero-order chi connectivity index (χ0) is 28.7. The van der Waals surface area contributed by atoms with Crippen LogP contribution in [0.5, 0.6) is 0 Å². The summed E-state index contributed by atoms with van der Waals surface area (Å²) in [6, 6.07) is 0. The maximum Gasteiger partial charge on any atom is 0.284 e. The quantitative estimate of drug-likeness (QED) is 0.186. The van der Waals surface area contributed by atoms with Crippen LogP contribution in [0.2, 0.25) is 0 Å². The monoisotopic (exact) mass is 560 g/mol. The van der Waals surface area contributed by atoms with Crippen molar-refractivity contribution in [3.8, 4) is 0 Å². The van der Waals surface area contributed by atoms with E-state index in [0.29, 0.717) is 18.4 Å². The van der Waals surface area contributed by atoms with E-state index in [-0.39, 0.29) is 5.92 Å². The molecular formula is C32H48O8. The van der Waals surface area contributed by atoms with E-state index in [1.165, 1.54) is 38.5 Å². The van der Waals surface area contributed by atoms with Crippen LogP contribution in [0.4, 0.5) is 0 Å². The first kappa shape index (κ1) is 29.0. The van der Waals surface area contributed by atoms with Crippen LogP contribution in [0, 0.1) is 17.8 Å². The van der Waals surface area contributed by atoms with Gasteiger partial charge in [-0.3, -0.25) is 4.79 Å². The number of unbranched alkanes of at least 4 members (excludes halogenated alkanes) is 8. The van der Waals surface area contributed by atoms with Gasteiger partial charge in [-0.05, 0) is 43.8 Å². The Kier molecular flexibility index (Phi) is 7.02. The van der Waals surface area contributed by atoms with Gasteiger partial charge in [-0.2, -0.15) is 0 Å². The number of carbonyl (C=O) groups excluding carboxylic acids is 1. The zero-order valence-electron chi connectivity index (χ0n) is 24.6. The summed E-state index contributed by atoms with van der Waals surface area (Å²) < 4.78 is 26.8. The van der Waals surface area contributed by atoms with E-state index in [4.69, 9.17) is 18.9 Å². The lowest BCUT2D eigenvalue weighted by molar-refractivity contribution is -0.430. The molecule has 0 radical (unpaired) electrons. The first-order chi connectivity index (χ1) is 19.0. The highest BCUT2D eigenvalue weighted by Crippen LogP contribution is 2.73. The summed E-state index contributed by atoms with van der Waals surface area (Å²) in [5, 5.41) is 34.2. The Balaban J connectivity index is 1.33. The molecule has 8 heteroatoms. The van der Waals surface area contributed by atoms with Crippen molar-refractivity contribution < 1.29 is 39.1 Å². The molecule has 11 atom stereocenters. The van der Waals surface area contributed by atoms with Gasteiger partial charge in [0, 0.05) is 18.3 Å². The van der Waals surface area contributed by atoms with Crippen molar-refractivity contribution in [3.63, 3.8) is 0 Å². The molecule has 3 aliphatic heterocycles. The Labute approximate surface area is 238 Å². The van der Waals surface area contributed by atoms with Gasteiger partial charge in [-0.25, -0.2) is 0 Å². The molecule has 8 nitrogen and oxygen atoms in total. The number of fused-ring (bicyclic) bond motifs is 3. The summed E-state index contributed by atoms with van der Waals surface area (Å²) in [4.78, 5) is 13.5. The third-order valence-electron chi connectivity index (χ3n) is 11.3. The topological polar surface area (TPSA) is 118 Å². The highest BCUT2D eigenvalue weighted by Gasteiger charge is 2.88. The molecule has 3 aliphatic carbocycles. The average molecular weight is 561 g/mol. The number of aliphatic hydroxyl groups is 3. The van der Waals surface area contributed by atoms with E-state index < -0.39 is 70.9 Å². The summed E-state index contributed by atoms with van der Waals surface area (Å²) in [7, 11) is 0. The summed E-state index contributed by atoms with van der Waals surface area (Å²) in [6.45, 7) is 11.7. The van der Waals surface area contributed by atoms with Crippen LogP contribution < -0.4 is 0 Å². The molecule has 6 aliphatic rings. The molecule has 3 heterocycles. The second kappa shape index (κ2) is 9.69. The molecule has 3 bridgehead atoms. The van der Waals surface area contributed by atoms with Crippen LogP contribution >= 0.6 is 0 Å². The van der Waals surface area contributed by atoms with E-state index in [9.17, 15) is 20.1 Å². The number of epoxide rings is 1. The maximum atomic E-state index is 13.5. The lowest BCUT2D eigenvalue weighted by Crippen LogP contribution is -2.72. The summed E-state index contributed by atoms with van der Waals surface area (Å²) in [5.74, 6) is -3.38. The van der Waals surface area contributed by atoms with E-state index in [1.54, 1.807) is 13.0 Å². The molecule has 5 fully saturated rings. The molecule has 0 unspecified atom stereocenters. The van der Waals surface area contributed by atoms with Gasteiger partial charge >= 0.3 is 0 Å². The van der Waals surface area contributed by atoms with E-state index in [1.807, 2.05) is 6.92 Å². The van der Waals surface area contributed by atoms with Crippen molar-refractivity contribution in [1.29, 1.82) is 0 Å². The molecule has 3 N–H and O–H groups in total. The lowest BCUT2D eigenvalue weighted by atomic mass is 9.54. The van der Waals surface area contributed by atoms with Crippen LogP contribution in [0.15, 0.2) is 23.8 Å². The van der Waals surface area contributed by atoms with Gasteiger partial charge in [0.05, 0.1) is 12.2 Å². The molecule has 0 aromatic rings. The highest BCUT2D eigenvalue weighted by molar-refractivity contribution is 6.05. The smallest absolute Gasteiger partial charge is 0.284 e. The van der Waals surface area contributed by atoms with Gasteiger partial charge in [0.15, 0.2) is 11.4 Å². The Morgan fingerprint density at radius 3 is 2.33 bits per heavy atom. The fourth-order valence-corrected chi connectivity index (χ4v) is 9.19. The molecule has 6 rings (SSSR count). The van der Waals surface area contributed by atoms with Crippen molar-refractivity contribution >= 4 is 5.78 Å². The van der Waals surface area contributed by atoms with E-state index >= 15 is 0 Å². The minimum atomic E-state index is -2.18. The van der Waals surface area contributed by atoms with Crippen LogP contribution in [-0.4, -0.2) is 74.4 Å². The van der Waals surface area contributed by atoms with E-state index in [2.05, 4.69) is 20.4 Å². The molecule has 0 spiro atoms. The number of hydrogen-bond acceptors (Lipinski definition) is 8. The molecule has 0 amide bonds. The number of rotatable bonds is 12. The Morgan fingerprint density at radius 1 is 1.05 bits per heavy atom. The number of aliphatic hydroxyl groups excluding tert-OH is 2. The molecule has 0 aromatic heterocycles. The summed E-state index contributed by atoms with van der Waals surface area (Å²) in [6.07, 6.45) is 10.7. The second-order valence-corrected chi connectivity index (χ2v) is 13.7. The standard InChI is InChI=1S/C32H48O8/c1-6-7-8-9-10-11-12-13-14-15-30-38-25-23-26-29(18-33,37-26)27(35)31(36)22(16-20(4)24(31)34)32(23,40-30)21(5)17-28(25,39-30)19(2)3/h16,21-23,25-27,33,35-36H,2,6-15,17-18H2,1,3-5H3/t21-,22+,23-,25-,26-,27-,28-,29+,30+,31-,32+/m1/s1. The minimum absolute atomic E-state index is 0.184. The number of hydrogen-bond donors (Lipinski definition) is 3. The fourth-order valence-electron chi connectivity index (χ4n) is 9.19. The van der Waals surface area contributed by atoms with Gasteiger partial charge < -0.3 is 34.3 Å². The van der Waals surface area contributed by atoms with Crippen molar-refractivity contribution in [1.82, 2.24) is 0 Å². The van der Waals surface area contributed by atoms with Crippen molar-refractivity contribution in [2.45, 2.75) is 145 Å². The number of Topliss-reactive ketones (excluding diaryl/α,β-unsaturated/α-hetero) is 1. The summed E-state index contributed by atoms with van der Waals surface area (Å²) in [5.41, 5.74) is -4.36. The van der Waals surface area contributed by atoms with Crippen LogP contribution in [0.3, 0.4) is 0 Å². The normalized spacial score (nSPS) is 49.8. The van der Waals surface area contributed by atoms with Gasteiger partial charge in [0.1, 0.15) is 29.5 Å². The Hall–Kier alpha value is -1.13. The Bertz CT molecular complexity index is 1090. The number of carbonyl (C=O) groups is 1. The van der Waals surface area contributed by atoms with Crippen LogP contribution in [0.1, 0.15) is 98.3 Å². The van der Waals surface area contributed by atoms with Gasteiger partial charge in [0.25, 0.3) is 5.97 Å². The molecule has 0 aromatic carbocycles. The first-order valence-corrected chi connectivity index (χ1v) is 15.7. The molecule has 3 saturated heterocycles. The third-order valence-corrected chi connectivity index (χ3v) is 11.3. The van der Waals surface area contributed by atoms with Crippen molar-refractivity contribution in [2.24, 2.45) is 17.8 Å². The zero-order valence-corrected chi connectivity index (χ0v) is 24.6. The average Bonchev–Trinajstić information content (AvgIpc) is 3.56. The first-order valence-electron chi connectivity index (χ1n) is 15.7. The van der Waals surface area contributed by atoms with Crippen molar-refractivity contribution in [3.05, 3.63) is 23.8 Å². The largest absolute Gasteiger partial charge is 0.393 e. The summed E-state index contributed by atoms with van der Waals surface area (Å²) >= 11 is 0. The molecular weight excluding hydrogens is 512 g/mol. The minimum Gasteiger partial charge on any atom is -0.393 e. The SMILES string of the molecule is C=C(C)[C@]12C[C@@H](C)[C@@]34O[C@@](CCCCCCCCCCC)(O[C@@H]1[C@@H]3[C@H]1O[C@]1(CO)[C@@H](O)[C@]1(O)C(=O)C(C)=C[C@@H]14)O2. The highest BCUT2D eigenvalue weighted by atomic mass is 16.9. The lowest BCUT2D eigenvalue weighted by Gasteiger charge is -2.59. The van der Waals surface area contributed by atoms with Crippen LogP contribution in [-0.2, 0) is 23.7 Å².